The summed E-state index contributed by atoms with van der Waals surface area (Å²) in [5.41, 5.74) is 5.08. The van der Waals surface area contributed by atoms with Crippen LogP contribution in [0.2, 0.25) is 0 Å². The van der Waals surface area contributed by atoms with Crippen LogP contribution < -0.4 is 0 Å². The number of nitrogens with zero attached hydrogens (tertiary/aromatic N) is 1. The Bertz CT molecular complexity index is 628. The third-order valence-corrected chi connectivity index (χ3v) is 3.19. The fraction of sp³-hybridized carbons (Fsp3) is 0.0556. The van der Waals surface area contributed by atoms with Crippen LogP contribution in [0.15, 0.2) is 79.1 Å². The monoisotopic (exact) mass is 245 g/mol. The zero-order valence-corrected chi connectivity index (χ0v) is 10.7. The lowest BCUT2D eigenvalue weighted by Gasteiger charge is -2.04. The molecule has 2 aromatic carbocycles. The fourth-order valence-electron chi connectivity index (χ4n) is 2.18. The molecule has 1 nitrogen and oxygen atoms in total. The molecule has 0 unspecified atom stereocenters. The van der Waals surface area contributed by atoms with Crippen LogP contribution >= 0.6 is 0 Å². The molecule has 0 aliphatic carbocycles. The summed E-state index contributed by atoms with van der Waals surface area (Å²) in [7, 11) is 0. The molecule has 0 aliphatic rings. The highest BCUT2D eigenvalue weighted by Gasteiger charge is 1.99. The second kappa shape index (κ2) is 5.49. The van der Waals surface area contributed by atoms with Crippen LogP contribution in [0.5, 0.6) is 0 Å². The topological polar surface area (TPSA) is 12.9 Å². The van der Waals surface area contributed by atoms with Gasteiger partial charge in [0.1, 0.15) is 0 Å². The maximum Gasteiger partial charge on any atom is 0.0303 e. The van der Waals surface area contributed by atoms with Gasteiger partial charge < -0.3 is 0 Å². The summed E-state index contributed by atoms with van der Waals surface area (Å²) in [6.45, 7) is 0. The summed E-state index contributed by atoms with van der Waals surface area (Å²) in [5, 5.41) is 0. The van der Waals surface area contributed by atoms with E-state index in [1.165, 1.54) is 22.3 Å². The van der Waals surface area contributed by atoms with Crippen molar-refractivity contribution >= 4 is 0 Å². The highest BCUT2D eigenvalue weighted by atomic mass is 14.6. The van der Waals surface area contributed by atoms with Crippen molar-refractivity contribution in [2.24, 2.45) is 0 Å². The molecular formula is C18H15N. The van der Waals surface area contributed by atoms with Gasteiger partial charge in [0.2, 0.25) is 0 Å². The lowest BCUT2D eigenvalue weighted by atomic mass is 10.0. The van der Waals surface area contributed by atoms with Gasteiger partial charge in [0.25, 0.3) is 0 Å². The molecule has 0 N–H and O–H groups in total. The second-order valence-corrected chi connectivity index (χ2v) is 4.60. The van der Waals surface area contributed by atoms with Crippen LogP contribution in [0, 0.1) is 0 Å². The Labute approximate surface area is 113 Å². The lowest BCUT2D eigenvalue weighted by molar-refractivity contribution is 1.15. The Morgan fingerprint density at radius 2 is 1.37 bits per heavy atom. The van der Waals surface area contributed by atoms with Gasteiger partial charge in [-0.2, -0.15) is 0 Å². The van der Waals surface area contributed by atoms with E-state index in [0.717, 1.165) is 6.42 Å². The zero-order valence-electron chi connectivity index (χ0n) is 10.7. The molecular weight excluding hydrogens is 230 g/mol. The Morgan fingerprint density at radius 3 is 2.05 bits per heavy atom. The van der Waals surface area contributed by atoms with Crippen LogP contribution in [-0.4, -0.2) is 4.98 Å². The average Bonchev–Trinajstić information content (AvgIpc) is 2.50. The van der Waals surface area contributed by atoms with E-state index in [-0.39, 0.29) is 0 Å². The van der Waals surface area contributed by atoms with E-state index in [4.69, 9.17) is 0 Å². The molecule has 3 aromatic rings. The fourth-order valence-corrected chi connectivity index (χ4v) is 2.18. The van der Waals surface area contributed by atoms with Gasteiger partial charge in [-0.15, -0.1) is 0 Å². The predicted octanol–water partition coefficient (Wildman–Crippen LogP) is 4.34. The van der Waals surface area contributed by atoms with Crippen molar-refractivity contribution in [3.05, 3.63) is 90.3 Å². The standard InChI is InChI=1S/C18H15N/c1-2-6-17(7-3-1)18-10-8-15(9-11-18)13-16-5-4-12-19-14-16/h1-12,14H,13H2. The summed E-state index contributed by atoms with van der Waals surface area (Å²) in [6.07, 6.45) is 4.66. The first-order valence-electron chi connectivity index (χ1n) is 6.45. The smallest absolute Gasteiger partial charge is 0.0303 e. The van der Waals surface area contributed by atoms with Crippen molar-refractivity contribution in [2.45, 2.75) is 6.42 Å². The van der Waals surface area contributed by atoms with Gasteiger partial charge in [0.05, 0.1) is 0 Å². The summed E-state index contributed by atoms with van der Waals surface area (Å²) in [4.78, 5) is 4.15. The summed E-state index contributed by atoms with van der Waals surface area (Å²) >= 11 is 0. The van der Waals surface area contributed by atoms with Crippen molar-refractivity contribution in [1.82, 2.24) is 4.98 Å². The first-order valence-corrected chi connectivity index (χ1v) is 6.45. The van der Waals surface area contributed by atoms with E-state index in [9.17, 15) is 0 Å². The van der Waals surface area contributed by atoms with Gasteiger partial charge in [0, 0.05) is 12.4 Å². The first-order chi connectivity index (χ1) is 9.42. The second-order valence-electron chi connectivity index (χ2n) is 4.60. The Kier molecular flexibility index (Phi) is 3.37. The van der Waals surface area contributed by atoms with Crippen LogP contribution in [0.1, 0.15) is 11.1 Å². The zero-order chi connectivity index (χ0) is 12.9. The van der Waals surface area contributed by atoms with Gasteiger partial charge in [0.15, 0.2) is 0 Å². The predicted molar refractivity (Wildman–Crippen MR) is 78.9 cm³/mol. The minimum atomic E-state index is 0.933. The van der Waals surface area contributed by atoms with E-state index in [1.54, 1.807) is 0 Å². The minimum Gasteiger partial charge on any atom is -0.264 e. The van der Waals surface area contributed by atoms with Gasteiger partial charge in [-0.3, -0.25) is 4.98 Å². The number of benzene rings is 2. The molecule has 1 aromatic heterocycles. The van der Waals surface area contributed by atoms with Gasteiger partial charge >= 0.3 is 0 Å². The molecule has 0 atom stereocenters. The Hall–Kier alpha value is -2.41. The molecule has 0 fully saturated rings. The molecule has 0 radical (unpaired) electrons. The van der Waals surface area contributed by atoms with E-state index in [0.29, 0.717) is 0 Å². The molecule has 0 spiro atoms. The van der Waals surface area contributed by atoms with Crippen LogP contribution in [0.4, 0.5) is 0 Å². The lowest BCUT2D eigenvalue weighted by Crippen LogP contribution is -1.88. The largest absolute Gasteiger partial charge is 0.264 e. The minimum absolute atomic E-state index is 0.933. The summed E-state index contributed by atoms with van der Waals surface area (Å²) in [6, 6.07) is 23.3. The maximum atomic E-state index is 4.15. The number of hydrogen-bond acceptors (Lipinski definition) is 1. The van der Waals surface area contributed by atoms with Crippen molar-refractivity contribution in [1.29, 1.82) is 0 Å². The van der Waals surface area contributed by atoms with E-state index in [1.807, 2.05) is 24.5 Å². The number of aromatic nitrogens is 1. The van der Waals surface area contributed by atoms with Crippen LogP contribution in [-0.2, 0) is 6.42 Å². The third-order valence-electron chi connectivity index (χ3n) is 3.19. The van der Waals surface area contributed by atoms with Crippen molar-refractivity contribution in [3.63, 3.8) is 0 Å². The molecule has 0 amide bonds. The van der Waals surface area contributed by atoms with Gasteiger partial charge in [-0.05, 0) is 34.7 Å². The Balaban J connectivity index is 1.80. The summed E-state index contributed by atoms with van der Waals surface area (Å²) < 4.78 is 0. The number of pyridine rings is 1. The van der Waals surface area contributed by atoms with Crippen molar-refractivity contribution < 1.29 is 0 Å². The maximum absolute atomic E-state index is 4.15. The third kappa shape index (κ3) is 2.89. The molecule has 1 heterocycles. The molecule has 0 aliphatic heterocycles. The molecule has 0 saturated carbocycles. The Morgan fingerprint density at radius 1 is 0.632 bits per heavy atom. The van der Waals surface area contributed by atoms with Crippen molar-refractivity contribution in [2.75, 3.05) is 0 Å². The molecule has 3 rings (SSSR count). The molecule has 1 heteroatoms. The number of hydrogen-bond donors (Lipinski definition) is 0. The van der Waals surface area contributed by atoms with Gasteiger partial charge in [-0.25, -0.2) is 0 Å². The van der Waals surface area contributed by atoms with E-state index < -0.39 is 0 Å². The normalized spacial score (nSPS) is 10.3. The van der Waals surface area contributed by atoms with Crippen LogP contribution in [0.25, 0.3) is 11.1 Å². The van der Waals surface area contributed by atoms with Crippen LogP contribution in [0.3, 0.4) is 0 Å². The van der Waals surface area contributed by atoms with E-state index >= 15 is 0 Å². The quantitative estimate of drug-likeness (QED) is 0.669. The highest BCUT2D eigenvalue weighted by Crippen LogP contribution is 2.20. The molecule has 19 heavy (non-hydrogen) atoms. The first kappa shape index (κ1) is 11.7. The van der Waals surface area contributed by atoms with Gasteiger partial charge in [-0.1, -0.05) is 60.7 Å². The van der Waals surface area contributed by atoms with E-state index in [2.05, 4.69) is 59.6 Å². The average molecular weight is 245 g/mol. The molecule has 92 valence electrons. The highest BCUT2D eigenvalue weighted by molar-refractivity contribution is 5.63. The summed E-state index contributed by atoms with van der Waals surface area (Å²) in [5.74, 6) is 0. The molecule has 0 bridgehead atoms. The van der Waals surface area contributed by atoms with Crippen molar-refractivity contribution in [3.8, 4) is 11.1 Å². The molecule has 0 saturated heterocycles. The number of rotatable bonds is 3. The SMILES string of the molecule is c1ccc(-c2ccc(Cc3cccnc3)cc2)cc1.